The molecule has 0 unspecified atom stereocenters. The van der Waals surface area contributed by atoms with Gasteiger partial charge >= 0.3 is 10.2 Å². The quantitative estimate of drug-likeness (QED) is 0.792. The molecule has 0 saturated heterocycles. The maximum atomic E-state index is 13.0. The summed E-state index contributed by atoms with van der Waals surface area (Å²) >= 11 is 5.46. The van der Waals surface area contributed by atoms with E-state index in [4.69, 9.17) is 11.6 Å². The first-order chi connectivity index (χ1) is 6.89. The summed E-state index contributed by atoms with van der Waals surface area (Å²) in [5, 5.41) is -0.226. The van der Waals surface area contributed by atoms with E-state index in [1.54, 1.807) is 0 Å². The lowest BCUT2D eigenvalue weighted by molar-refractivity contribution is 0.553. The maximum absolute atomic E-state index is 13.0. The lowest BCUT2D eigenvalue weighted by atomic mass is 10.2. The van der Waals surface area contributed by atoms with Gasteiger partial charge in [0.05, 0.1) is 5.02 Å². The highest BCUT2D eigenvalue weighted by atomic mass is 35.5. The van der Waals surface area contributed by atoms with Crippen LogP contribution >= 0.6 is 11.6 Å². The van der Waals surface area contributed by atoms with Crippen molar-refractivity contribution in [1.29, 1.82) is 0 Å². The highest BCUT2D eigenvalue weighted by Gasteiger charge is 2.18. The molecule has 0 aliphatic heterocycles. The van der Waals surface area contributed by atoms with E-state index in [1.165, 1.54) is 0 Å². The van der Waals surface area contributed by atoms with E-state index in [-0.39, 0.29) is 15.9 Å². The van der Waals surface area contributed by atoms with Crippen molar-refractivity contribution in [1.82, 2.24) is 4.98 Å². The highest BCUT2D eigenvalue weighted by Crippen LogP contribution is 2.28. The lowest BCUT2D eigenvalue weighted by Gasteiger charge is -1.95. The monoisotopic (exact) mass is 251 g/mol. The van der Waals surface area contributed by atoms with Crippen LogP contribution in [0, 0.1) is 5.82 Å². The third-order valence-electron chi connectivity index (χ3n) is 1.95. The zero-order valence-electron chi connectivity index (χ0n) is 7.09. The second kappa shape index (κ2) is 3.18. The molecule has 0 spiro atoms. The molecule has 1 N–H and O–H groups in total. The largest absolute Gasteiger partial charge is 0.360 e. The number of fused-ring (bicyclic) bond motifs is 1. The van der Waals surface area contributed by atoms with Gasteiger partial charge in [-0.15, -0.1) is 3.89 Å². The number of halogens is 3. The molecule has 0 fully saturated rings. The number of nitrogens with one attached hydrogen (secondary N) is 1. The van der Waals surface area contributed by atoms with Gasteiger partial charge in [0.2, 0.25) is 0 Å². The molecule has 0 aliphatic rings. The Morgan fingerprint density at radius 1 is 1.33 bits per heavy atom. The standard InChI is InChI=1S/C8H4ClF2NO2S/c9-5-1-4-7(2-6(5)10)12-3-8(4)15(11,13)14/h1-3,12H. The van der Waals surface area contributed by atoms with E-state index in [1.807, 2.05) is 0 Å². The van der Waals surface area contributed by atoms with E-state index in [0.717, 1.165) is 18.3 Å². The minimum Gasteiger partial charge on any atom is -0.360 e. The van der Waals surface area contributed by atoms with Crippen LogP contribution in [0.25, 0.3) is 10.9 Å². The fraction of sp³-hybridized carbons (Fsp3) is 0. The number of aromatic amines is 1. The van der Waals surface area contributed by atoms with Gasteiger partial charge in [-0.05, 0) is 12.1 Å². The number of hydrogen-bond acceptors (Lipinski definition) is 2. The van der Waals surface area contributed by atoms with Crippen LogP contribution in [0.4, 0.5) is 8.28 Å². The van der Waals surface area contributed by atoms with Gasteiger partial charge in [0.1, 0.15) is 10.7 Å². The third-order valence-corrected chi connectivity index (χ3v) is 3.10. The van der Waals surface area contributed by atoms with E-state index in [9.17, 15) is 16.7 Å². The number of rotatable bonds is 1. The van der Waals surface area contributed by atoms with Gasteiger partial charge in [-0.1, -0.05) is 11.6 Å². The van der Waals surface area contributed by atoms with Crippen molar-refractivity contribution in [3.05, 3.63) is 29.2 Å². The minimum atomic E-state index is -4.83. The minimum absolute atomic E-state index is 0.0314. The smallest absolute Gasteiger partial charge is 0.334 e. The molecule has 0 radical (unpaired) electrons. The SMILES string of the molecule is O=S(=O)(F)c1c[nH]c2cc(F)c(Cl)cc12. The van der Waals surface area contributed by atoms with Crippen LogP contribution in [0.1, 0.15) is 0 Å². The summed E-state index contributed by atoms with van der Waals surface area (Å²) in [5.41, 5.74) is 0.174. The van der Waals surface area contributed by atoms with Crippen LogP contribution in [0.3, 0.4) is 0 Å². The molecule has 1 heterocycles. The molecule has 2 aromatic rings. The van der Waals surface area contributed by atoms with Crippen molar-refractivity contribution in [2.45, 2.75) is 4.90 Å². The number of hydrogen-bond donors (Lipinski definition) is 1. The zero-order valence-corrected chi connectivity index (χ0v) is 8.66. The zero-order chi connectivity index (χ0) is 11.2. The van der Waals surface area contributed by atoms with Crippen molar-refractivity contribution < 1.29 is 16.7 Å². The first-order valence-electron chi connectivity index (χ1n) is 3.80. The van der Waals surface area contributed by atoms with Crippen LogP contribution in [0.5, 0.6) is 0 Å². The van der Waals surface area contributed by atoms with Gasteiger partial charge in [-0.3, -0.25) is 0 Å². The molecule has 2 rings (SSSR count). The summed E-state index contributed by atoms with van der Waals surface area (Å²) in [4.78, 5) is 1.90. The topological polar surface area (TPSA) is 49.9 Å². The van der Waals surface area contributed by atoms with E-state index in [2.05, 4.69) is 4.98 Å². The van der Waals surface area contributed by atoms with Crippen LogP contribution < -0.4 is 0 Å². The van der Waals surface area contributed by atoms with Crippen LogP contribution in [0.15, 0.2) is 23.2 Å². The second-order valence-electron chi connectivity index (χ2n) is 2.90. The Kier molecular flexibility index (Phi) is 2.20. The van der Waals surface area contributed by atoms with Crippen molar-refractivity contribution in [3.8, 4) is 0 Å². The summed E-state index contributed by atoms with van der Waals surface area (Å²) in [7, 11) is -4.83. The van der Waals surface area contributed by atoms with Crippen LogP contribution in [0.2, 0.25) is 5.02 Å². The molecule has 15 heavy (non-hydrogen) atoms. The summed E-state index contributed by atoms with van der Waals surface area (Å²) in [6, 6.07) is 2.07. The lowest BCUT2D eigenvalue weighted by Crippen LogP contribution is -1.89. The van der Waals surface area contributed by atoms with E-state index >= 15 is 0 Å². The summed E-state index contributed by atoms with van der Waals surface area (Å²) in [5.74, 6) is -0.700. The Bertz CT molecular complexity index is 635. The fourth-order valence-electron chi connectivity index (χ4n) is 1.29. The van der Waals surface area contributed by atoms with Crippen molar-refractivity contribution in [2.75, 3.05) is 0 Å². The van der Waals surface area contributed by atoms with Crippen molar-refractivity contribution in [2.24, 2.45) is 0 Å². The average molecular weight is 252 g/mol. The average Bonchev–Trinajstić information content (AvgIpc) is 2.47. The molecular formula is C8H4ClF2NO2S. The molecule has 1 aromatic carbocycles. The van der Waals surface area contributed by atoms with E-state index < -0.39 is 20.9 Å². The number of aromatic nitrogens is 1. The predicted octanol–water partition coefficient (Wildman–Crippen LogP) is 2.62. The molecule has 0 saturated carbocycles. The predicted molar refractivity (Wildman–Crippen MR) is 51.6 cm³/mol. The Hall–Kier alpha value is -1.14. The normalized spacial score (nSPS) is 12.2. The van der Waals surface area contributed by atoms with Crippen molar-refractivity contribution >= 4 is 32.7 Å². The Balaban J connectivity index is 2.87. The molecular weight excluding hydrogens is 248 g/mol. The van der Waals surface area contributed by atoms with Crippen molar-refractivity contribution in [3.63, 3.8) is 0 Å². The van der Waals surface area contributed by atoms with Gasteiger partial charge in [0.25, 0.3) is 0 Å². The molecule has 3 nitrogen and oxygen atoms in total. The summed E-state index contributed by atoms with van der Waals surface area (Å²) < 4.78 is 47.1. The molecule has 0 amide bonds. The number of benzene rings is 1. The fourth-order valence-corrected chi connectivity index (χ4v) is 2.09. The van der Waals surface area contributed by atoms with Gasteiger partial charge in [0.15, 0.2) is 0 Å². The van der Waals surface area contributed by atoms with Crippen LogP contribution in [-0.4, -0.2) is 13.4 Å². The Labute approximate surface area is 88.9 Å². The van der Waals surface area contributed by atoms with Gasteiger partial charge in [-0.25, -0.2) is 4.39 Å². The first kappa shape index (κ1) is 10.4. The highest BCUT2D eigenvalue weighted by molar-refractivity contribution is 7.86. The van der Waals surface area contributed by atoms with Gasteiger partial charge in [0, 0.05) is 17.1 Å². The molecule has 0 atom stereocenters. The number of H-pyrrole nitrogens is 1. The first-order valence-corrected chi connectivity index (χ1v) is 5.56. The van der Waals surface area contributed by atoms with E-state index in [0.29, 0.717) is 0 Å². The second-order valence-corrected chi connectivity index (χ2v) is 4.63. The van der Waals surface area contributed by atoms with Crippen LogP contribution in [-0.2, 0) is 10.2 Å². The Morgan fingerprint density at radius 2 is 2.00 bits per heavy atom. The summed E-state index contributed by atoms with van der Waals surface area (Å²) in [6.45, 7) is 0. The molecule has 7 heteroatoms. The molecule has 1 aromatic heterocycles. The third kappa shape index (κ3) is 1.70. The molecule has 0 bridgehead atoms. The maximum Gasteiger partial charge on any atom is 0.334 e. The van der Waals surface area contributed by atoms with Gasteiger partial charge in [-0.2, -0.15) is 8.42 Å². The molecule has 80 valence electrons. The molecule has 0 aliphatic carbocycles. The summed E-state index contributed by atoms with van der Waals surface area (Å²) in [6.07, 6.45) is 0.954. The van der Waals surface area contributed by atoms with Gasteiger partial charge < -0.3 is 4.98 Å². The Morgan fingerprint density at radius 3 is 2.60 bits per heavy atom.